The van der Waals surface area contributed by atoms with E-state index in [1.165, 1.54) is 13.3 Å². The summed E-state index contributed by atoms with van der Waals surface area (Å²) < 4.78 is 35.4. The van der Waals surface area contributed by atoms with Crippen LogP contribution in [0.3, 0.4) is 0 Å². The molecule has 0 spiro atoms. The quantitative estimate of drug-likeness (QED) is 0.618. The van der Waals surface area contributed by atoms with Crippen LogP contribution in [-0.4, -0.2) is 68.6 Å². The molecule has 174 valence electrons. The second kappa shape index (κ2) is 7.26. The van der Waals surface area contributed by atoms with Gasteiger partial charge in [0.1, 0.15) is 11.4 Å². The van der Waals surface area contributed by atoms with E-state index >= 15 is 0 Å². The summed E-state index contributed by atoms with van der Waals surface area (Å²) >= 11 is 0. The molecule has 0 amide bonds. The van der Waals surface area contributed by atoms with E-state index in [1.54, 1.807) is 50.3 Å². The Labute approximate surface area is 190 Å². The Kier molecular flexibility index (Phi) is 4.81. The summed E-state index contributed by atoms with van der Waals surface area (Å²) in [7, 11) is 3.31. The van der Waals surface area contributed by atoms with Crippen LogP contribution in [0.2, 0.25) is 0 Å². The van der Waals surface area contributed by atoms with E-state index in [2.05, 4.69) is 25.5 Å². The molecule has 2 fully saturated rings. The van der Waals surface area contributed by atoms with Crippen molar-refractivity contribution in [2.75, 3.05) is 19.1 Å². The van der Waals surface area contributed by atoms with Gasteiger partial charge in [0.05, 0.1) is 29.4 Å². The van der Waals surface area contributed by atoms with E-state index < -0.39 is 23.1 Å². The number of ether oxygens (including phenoxy) is 1. The maximum Gasteiger partial charge on any atom is 0.267 e. The number of fused-ring (bicyclic) bond motifs is 3. The lowest BCUT2D eigenvalue weighted by molar-refractivity contribution is -0.0622. The number of aromatic nitrogens is 4. The third-order valence-corrected chi connectivity index (χ3v) is 7.20. The van der Waals surface area contributed by atoms with Crippen LogP contribution in [0.5, 0.6) is 5.75 Å². The van der Waals surface area contributed by atoms with Crippen molar-refractivity contribution in [2.24, 2.45) is 0 Å². The maximum absolute atomic E-state index is 14.9. The number of likely N-dealkylation sites (N-methyl/N-ethyl adjacent to an activating group) is 1. The van der Waals surface area contributed by atoms with Gasteiger partial charge < -0.3 is 14.7 Å². The molecular formula is C23H26F2N6O2. The Morgan fingerprint density at radius 2 is 1.97 bits per heavy atom. The highest BCUT2D eigenvalue weighted by Gasteiger charge is 2.69. The van der Waals surface area contributed by atoms with E-state index in [1.807, 2.05) is 6.07 Å². The molecule has 0 unspecified atom stereocenters. The average molecular weight is 456 g/mol. The van der Waals surface area contributed by atoms with Crippen LogP contribution in [0.1, 0.15) is 26.7 Å². The van der Waals surface area contributed by atoms with Crippen molar-refractivity contribution in [3.63, 3.8) is 0 Å². The van der Waals surface area contributed by atoms with Gasteiger partial charge in [-0.15, -0.1) is 10.2 Å². The first kappa shape index (κ1) is 21.8. The second-order valence-electron chi connectivity index (χ2n) is 9.53. The number of anilines is 1. The number of alkyl halides is 2. The number of nitrogens with one attached hydrogen (secondary N) is 1. The summed E-state index contributed by atoms with van der Waals surface area (Å²) in [6.45, 7) is 3.34. The van der Waals surface area contributed by atoms with Gasteiger partial charge in [-0.25, -0.2) is 13.8 Å². The number of halogens is 2. The number of pyridine rings is 1. The highest BCUT2D eigenvalue weighted by molar-refractivity contribution is 5.89. The average Bonchev–Trinajstić information content (AvgIpc) is 2.92. The van der Waals surface area contributed by atoms with Crippen LogP contribution < -0.4 is 10.2 Å². The van der Waals surface area contributed by atoms with E-state index in [9.17, 15) is 13.9 Å². The minimum atomic E-state index is -2.86. The first-order chi connectivity index (χ1) is 15.6. The van der Waals surface area contributed by atoms with E-state index in [0.717, 1.165) is 10.8 Å². The monoisotopic (exact) mass is 456 g/mol. The van der Waals surface area contributed by atoms with Crippen molar-refractivity contribution in [1.82, 2.24) is 25.5 Å². The summed E-state index contributed by atoms with van der Waals surface area (Å²) in [6.07, 6.45) is 4.24. The lowest BCUT2D eigenvalue weighted by Crippen LogP contribution is -2.69. The number of methoxy groups -OCH3 is 1. The van der Waals surface area contributed by atoms with E-state index in [4.69, 9.17) is 4.74 Å². The molecule has 0 saturated carbocycles. The first-order valence-corrected chi connectivity index (χ1v) is 10.8. The molecule has 0 radical (unpaired) electrons. The van der Waals surface area contributed by atoms with E-state index in [-0.39, 0.29) is 24.6 Å². The zero-order chi connectivity index (χ0) is 23.6. The predicted molar refractivity (Wildman–Crippen MR) is 119 cm³/mol. The highest BCUT2D eigenvalue weighted by Crippen LogP contribution is 2.53. The van der Waals surface area contributed by atoms with Gasteiger partial charge in [0.25, 0.3) is 5.92 Å². The maximum atomic E-state index is 14.9. The van der Waals surface area contributed by atoms with E-state index in [0.29, 0.717) is 17.2 Å². The fourth-order valence-corrected chi connectivity index (χ4v) is 5.53. The number of phenols is 1. The second-order valence-corrected chi connectivity index (χ2v) is 9.53. The summed E-state index contributed by atoms with van der Waals surface area (Å²) in [5, 5.41) is 23.8. The minimum absolute atomic E-state index is 0.0464. The number of piperidine rings is 1. The molecule has 2 aliphatic heterocycles. The molecule has 2 aliphatic rings. The summed E-state index contributed by atoms with van der Waals surface area (Å²) in [5.74, 6) is -2.52. The van der Waals surface area contributed by atoms with Crippen molar-refractivity contribution in [1.29, 1.82) is 0 Å². The molecule has 10 heteroatoms. The molecule has 5 rings (SSSR count). The number of hydrogen-bond acceptors (Lipinski definition) is 8. The Morgan fingerprint density at radius 1 is 1.18 bits per heavy atom. The van der Waals surface area contributed by atoms with Gasteiger partial charge in [0.2, 0.25) is 5.95 Å². The first-order valence-electron chi connectivity index (χ1n) is 10.8. The van der Waals surface area contributed by atoms with Crippen molar-refractivity contribution in [2.45, 2.75) is 55.8 Å². The van der Waals surface area contributed by atoms with Gasteiger partial charge in [-0.1, -0.05) is 0 Å². The Hall–Kier alpha value is -2.98. The van der Waals surface area contributed by atoms with Crippen LogP contribution in [-0.2, 0) is 4.74 Å². The topological polar surface area (TPSA) is 96.3 Å². The molecule has 2 N–H and O–H groups in total. The van der Waals surface area contributed by atoms with Crippen molar-refractivity contribution in [3.8, 4) is 17.0 Å². The smallest absolute Gasteiger partial charge is 0.267 e. The van der Waals surface area contributed by atoms with Crippen LogP contribution >= 0.6 is 0 Å². The Balaban J connectivity index is 1.46. The molecule has 3 aromatic rings. The third-order valence-electron chi connectivity index (χ3n) is 7.20. The number of nitrogens with zero attached hydrogens (tertiary/aromatic N) is 5. The Bertz CT molecular complexity index is 1210. The number of hydrogen-bond donors (Lipinski definition) is 2. The van der Waals surface area contributed by atoms with Gasteiger partial charge in [-0.2, -0.15) is 0 Å². The van der Waals surface area contributed by atoms with Crippen molar-refractivity contribution in [3.05, 3.63) is 36.8 Å². The van der Waals surface area contributed by atoms with Crippen LogP contribution in [0.4, 0.5) is 14.7 Å². The number of phenolic OH excluding ortho intramolecular Hbond substituents is 1. The van der Waals surface area contributed by atoms with Crippen molar-refractivity contribution >= 4 is 16.7 Å². The zero-order valence-corrected chi connectivity index (χ0v) is 18.9. The molecule has 33 heavy (non-hydrogen) atoms. The third kappa shape index (κ3) is 3.31. The van der Waals surface area contributed by atoms with Gasteiger partial charge in [-0.05, 0) is 43.9 Å². The summed E-state index contributed by atoms with van der Waals surface area (Å²) in [4.78, 5) is 10.3. The minimum Gasteiger partial charge on any atom is -0.507 e. The van der Waals surface area contributed by atoms with Crippen LogP contribution in [0.15, 0.2) is 36.8 Å². The lowest BCUT2D eigenvalue weighted by Gasteiger charge is -2.49. The molecule has 4 heterocycles. The Morgan fingerprint density at radius 3 is 2.67 bits per heavy atom. The number of aromatic hydroxyl groups is 1. The van der Waals surface area contributed by atoms with Gasteiger partial charge in [0.15, 0.2) is 0 Å². The molecular weight excluding hydrogens is 430 g/mol. The molecule has 2 saturated heterocycles. The highest BCUT2D eigenvalue weighted by atomic mass is 19.3. The van der Waals surface area contributed by atoms with Crippen LogP contribution in [0, 0.1) is 0 Å². The molecule has 2 aromatic heterocycles. The molecule has 8 nitrogen and oxygen atoms in total. The normalized spacial score (nSPS) is 30.5. The SMILES string of the molecule is CO[C@@H]1[C@@H](N(C)c2ncc(-c3cc4ccncc4cc3O)nn2)C[C@@]2(C)N[C@]1(C)CC2(F)F. The van der Waals surface area contributed by atoms with Gasteiger partial charge in [-0.3, -0.25) is 10.3 Å². The molecule has 0 aliphatic carbocycles. The summed E-state index contributed by atoms with van der Waals surface area (Å²) in [5.41, 5.74) is -1.34. The number of benzene rings is 1. The fourth-order valence-electron chi connectivity index (χ4n) is 5.53. The molecule has 4 atom stereocenters. The lowest BCUT2D eigenvalue weighted by atomic mass is 9.81. The van der Waals surface area contributed by atoms with Crippen molar-refractivity contribution < 1.29 is 18.6 Å². The van der Waals surface area contributed by atoms with Gasteiger partial charge >= 0.3 is 0 Å². The van der Waals surface area contributed by atoms with Gasteiger partial charge in [0, 0.05) is 43.9 Å². The molecule has 2 bridgehead atoms. The largest absolute Gasteiger partial charge is 0.507 e. The zero-order valence-electron chi connectivity index (χ0n) is 18.9. The molecule has 1 aromatic carbocycles. The predicted octanol–water partition coefficient (Wildman–Crippen LogP) is 3.16. The number of rotatable bonds is 4. The fraction of sp³-hybridized carbons (Fsp3) is 0.478. The summed E-state index contributed by atoms with van der Waals surface area (Å²) in [6, 6.07) is 4.88. The van der Waals surface area contributed by atoms with Crippen LogP contribution in [0.25, 0.3) is 22.0 Å². The standard InChI is InChI=1S/C23H26F2N6O2/c1-21-12-23(24,25)22(2,30-21)9-17(19(21)33-4)31(3)20-27-11-16(28-29-20)15-7-13-5-6-26-10-14(13)8-18(15)32/h5-8,10-11,17,19,30,32H,9,12H2,1-4H3/t17-,19+,21+,22+/m0/s1.